The average Bonchev–Trinajstić information content (AvgIpc) is 2.77. The Kier molecular flexibility index (Phi) is 5.91. The molecular weight excluding hydrogens is 400 g/mol. The van der Waals surface area contributed by atoms with Gasteiger partial charge in [-0.15, -0.1) is 0 Å². The summed E-state index contributed by atoms with van der Waals surface area (Å²) in [5.74, 6) is -0.384. The van der Waals surface area contributed by atoms with E-state index in [9.17, 15) is 9.59 Å². The lowest BCUT2D eigenvalue weighted by Crippen LogP contribution is -2.64. The van der Waals surface area contributed by atoms with Gasteiger partial charge in [0.1, 0.15) is 12.2 Å². The second-order valence-electron chi connectivity index (χ2n) is 10.4. The van der Waals surface area contributed by atoms with Crippen molar-refractivity contribution in [3.63, 3.8) is 0 Å². The first-order valence-electron chi connectivity index (χ1n) is 11.7. The predicted molar refractivity (Wildman–Crippen MR) is 125 cm³/mol. The smallest absolute Gasteiger partial charge is 0.338 e. The van der Waals surface area contributed by atoms with Crippen LogP contribution in [0.3, 0.4) is 0 Å². The highest BCUT2D eigenvalue weighted by Gasteiger charge is 2.63. The SMILES string of the molecule is Cc1ccc(C(=O)O[C@@H]2[C@H](OC(=O)c3ccc(C)cc3)C3(C(C)C)CCC2(C)CC3)cc1. The largest absolute Gasteiger partial charge is 0.454 e. The first-order chi connectivity index (χ1) is 15.1. The van der Waals surface area contributed by atoms with Crippen molar-refractivity contribution in [2.45, 2.75) is 72.5 Å². The molecule has 4 heteroatoms. The summed E-state index contributed by atoms with van der Waals surface area (Å²) in [6.45, 7) is 10.5. The van der Waals surface area contributed by atoms with E-state index in [0.717, 1.165) is 36.8 Å². The van der Waals surface area contributed by atoms with Crippen LogP contribution in [0.1, 0.15) is 78.3 Å². The molecular formula is C28H34O4. The molecule has 3 aliphatic carbocycles. The number of carbonyl (C=O) groups excluding carboxylic acids is 2. The zero-order chi connectivity index (χ0) is 23.1. The second kappa shape index (κ2) is 8.38. The summed E-state index contributed by atoms with van der Waals surface area (Å²) in [6, 6.07) is 14.9. The predicted octanol–water partition coefficient (Wildman–Crippen LogP) is 6.29. The van der Waals surface area contributed by atoms with Gasteiger partial charge in [-0.3, -0.25) is 0 Å². The van der Waals surface area contributed by atoms with Gasteiger partial charge in [0.15, 0.2) is 0 Å². The summed E-state index contributed by atoms with van der Waals surface area (Å²) >= 11 is 0. The molecule has 0 N–H and O–H groups in total. The highest BCUT2D eigenvalue weighted by molar-refractivity contribution is 5.90. The minimum absolute atomic E-state index is 0.184. The van der Waals surface area contributed by atoms with Crippen LogP contribution in [-0.2, 0) is 9.47 Å². The number of aryl methyl sites for hydroxylation is 2. The fraction of sp³-hybridized carbons (Fsp3) is 0.500. The molecule has 0 aliphatic heterocycles. The van der Waals surface area contributed by atoms with Gasteiger partial charge in [0.25, 0.3) is 0 Å². The lowest BCUT2D eigenvalue weighted by atomic mass is 9.48. The number of carbonyl (C=O) groups is 2. The maximum Gasteiger partial charge on any atom is 0.338 e. The van der Waals surface area contributed by atoms with Crippen LogP contribution in [0.2, 0.25) is 0 Å². The molecule has 32 heavy (non-hydrogen) atoms. The van der Waals surface area contributed by atoms with E-state index in [0.29, 0.717) is 17.0 Å². The first kappa shape index (κ1) is 22.6. The zero-order valence-electron chi connectivity index (χ0n) is 19.8. The van der Waals surface area contributed by atoms with Gasteiger partial charge >= 0.3 is 11.9 Å². The normalized spacial score (nSPS) is 29.1. The summed E-state index contributed by atoms with van der Waals surface area (Å²) < 4.78 is 12.4. The third kappa shape index (κ3) is 3.96. The topological polar surface area (TPSA) is 52.6 Å². The molecule has 3 saturated carbocycles. The number of hydrogen-bond donors (Lipinski definition) is 0. The quantitative estimate of drug-likeness (QED) is 0.519. The molecule has 2 aromatic carbocycles. The van der Waals surface area contributed by atoms with E-state index in [2.05, 4.69) is 20.8 Å². The Hall–Kier alpha value is -2.62. The molecule has 2 atom stereocenters. The van der Waals surface area contributed by atoms with Crippen molar-refractivity contribution in [3.8, 4) is 0 Å². The van der Waals surface area contributed by atoms with Crippen molar-refractivity contribution in [2.24, 2.45) is 16.7 Å². The van der Waals surface area contributed by atoms with Gasteiger partial charge in [-0.25, -0.2) is 9.59 Å². The molecule has 0 aromatic heterocycles. The number of hydrogen-bond acceptors (Lipinski definition) is 4. The van der Waals surface area contributed by atoms with Gasteiger partial charge in [-0.1, -0.05) is 56.2 Å². The van der Waals surface area contributed by atoms with E-state index < -0.39 is 12.2 Å². The van der Waals surface area contributed by atoms with Crippen LogP contribution in [0.4, 0.5) is 0 Å². The van der Waals surface area contributed by atoms with Crippen LogP contribution in [0.15, 0.2) is 48.5 Å². The number of esters is 2. The summed E-state index contributed by atoms with van der Waals surface area (Å²) in [7, 11) is 0. The van der Waals surface area contributed by atoms with Crippen LogP contribution >= 0.6 is 0 Å². The Balaban J connectivity index is 1.66. The Morgan fingerprint density at radius 3 is 1.56 bits per heavy atom. The Morgan fingerprint density at radius 1 is 0.750 bits per heavy atom. The number of fused-ring (bicyclic) bond motifs is 3. The molecule has 0 radical (unpaired) electrons. The van der Waals surface area contributed by atoms with Crippen LogP contribution in [0.5, 0.6) is 0 Å². The van der Waals surface area contributed by atoms with Crippen molar-refractivity contribution >= 4 is 11.9 Å². The van der Waals surface area contributed by atoms with Gasteiger partial charge in [0, 0.05) is 10.8 Å². The Morgan fingerprint density at radius 2 is 1.16 bits per heavy atom. The molecule has 3 fully saturated rings. The number of rotatable bonds is 5. The zero-order valence-corrected chi connectivity index (χ0v) is 19.8. The maximum atomic E-state index is 13.1. The summed E-state index contributed by atoms with van der Waals surface area (Å²) in [5.41, 5.74) is 2.86. The molecule has 4 nitrogen and oxygen atoms in total. The summed E-state index contributed by atoms with van der Waals surface area (Å²) in [4.78, 5) is 26.2. The van der Waals surface area contributed by atoms with Gasteiger partial charge in [-0.2, -0.15) is 0 Å². The van der Waals surface area contributed by atoms with E-state index in [1.54, 1.807) is 24.3 Å². The van der Waals surface area contributed by atoms with Gasteiger partial charge < -0.3 is 9.47 Å². The fourth-order valence-corrected chi connectivity index (χ4v) is 5.56. The lowest BCUT2D eigenvalue weighted by molar-refractivity contribution is -0.210. The second-order valence-corrected chi connectivity index (χ2v) is 10.4. The number of benzene rings is 2. The minimum Gasteiger partial charge on any atom is -0.454 e. The summed E-state index contributed by atoms with van der Waals surface area (Å²) in [5, 5.41) is 0. The fourth-order valence-electron chi connectivity index (χ4n) is 5.56. The maximum absolute atomic E-state index is 13.1. The molecule has 170 valence electrons. The van der Waals surface area contributed by atoms with Crippen molar-refractivity contribution < 1.29 is 19.1 Å². The van der Waals surface area contributed by atoms with Crippen molar-refractivity contribution in [1.29, 1.82) is 0 Å². The van der Waals surface area contributed by atoms with Gasteiger partial charge in [-0.05, 0) is 69.7 Å². The average molecular weight is 435 g/mol. The van der Waals surface area contributed by atoms with Crippen LogP contribution in [0.25, 0.3) is 0 Å². The monoisotopic (exact) mass is 434 g/mol. The van der Waals surface area contributed by atoms with E-state index in [-0.39, 0.29) is 22.8 Å². The van der Waals surface area contributed by atoms with Gasteiger partial charge in [0.2, 0.25) is 0 Å². The standard InChI is InChI=1S/C28H34O4/c1-18(2)28-16-14-27(5,15-17-28)23(31-25(29)21-10-6-19(3)7-11-21)24(28)32-26(30)22-12-8-20(4)9-13-22/h6-13,18,23-24H,14-17H2,1-5H3/t23-,24+,27?,28?/m1/s1. The van der Waals surface area contributed by atoms with Crippen molar-refractivity contribution in [2.75, 3.05) is 0 Å². The van der Waals surface area contributed by atoms with Crippen molar-refractivity contribution in [1.82, 2.24) is 0 Å². The Bertz CT molecular complexity index is 979. The lowest BCUT2D eigenvalue weighted by Gasteiger charge is -2.61. The molecule has 0 unspecified atom stereocenters. The number of ether oxygens (including phenoxy) is 2. The first-order valence-corrected chi connectivity index (χ1v) is 11.7. The highest BCUT2D eigenvalue weighted by atomic mass is 16.6. The molecule has 5 rings (SSSR count). The van der Waals surface area contributed by atoms with Crippen molar-refractivity contribution in [3.05, 3.63) is 70.8 Å². The van der Waals surface area contributed by atoms with Crippen LogP contribution in [0, 0.1) is 30.6 Å². The molecule has 0 heterocycles. The van der Waals surface area contributed by atoms with E-state index in [1.807, 2.05) is 38.1 Å². The van der Waals surface area contributed by atoms with Crippen LogP contribution < -0.4 is 0 Å². The van der Waals surface area contributed by atoms with E-state index >= 15 is 0 Å². The minimum atomic E-state index is -0.462. The van der Waals surface area contributed by atoms with Gasteiger partial charge in [0.05, 0.1) is 11.1 Å². The van der Waals surface area contributed by atoms with E-state index in [4.69, 9.17) is 9.47 Å². The molecule has 0 spiro atoms. The molecule has 0 saturated heterocycles. The Labute approximate surface area is 191 Å². The third-order valence-electron chi connectivity index (χ3n) is 8.04. The molecule has 0 amide bonds. The molecule has 3 aliphatic rings. The summed E-state index contributed by atoms with van der Waals surface area (Å²) in [6.07, 6.45) is 2.97. The van der Waals surface area contributed by atoms with E-state index in [1.165, 1.54) is 0 Å². The molecule has 2 aromatic rings. The third-order valence-corrected chi connectivity index (χ3v) is 8.04. The highest BCUT2D eigenvalue weighted by Crippen LogP contribution is 2.61. The van der Waals surface area contributed by atoms with Crippen LogP contribution in [-0.4, -0.2) is 24.1 Å². The molecule has 2 bridgehead atoms.